The van der Waals surface area contributed by atoms with E-state index in [-0.39, 0.29) is 0 Å². The SMILES string of the molecule is COc1nn(C)c(OC)c1C. The van der Waals surface area contributed by atoms with Crippen LogP contribution in [0.1, 0.15) is 5.56 Å². The molecule has 0 aliphatic heterocycles. The van der Waals surface area contributed by atoms with Gasteiger partial charge in [0.15, 0.2) is 0 Å². The van der Waals surface area contributed by atoms with Crippen molar-refractivity contribution in [2.45, 2.75) is 6.92 Å². The lowest BCUT2D eigenvalue weighted by Gasteiger charge is -1.98. The van der Waals surface area contributed by atoms with E-state index in [0.29, 0.717) is 5.88 Å². The van der Waals surface area contributed by atoms with Gasteiger partial charge in [0.05, 0.1) is 19.8 Å². The summed E-state index contributed by atoms with van der Waals surface area (Å²) in [5.74, 6) is 1.35. The molecular weight excluding hydrogens is 144 g/mol. The third kappa shape index (κ3) is 1.15. The van der Waals surface area contributed by atoms with Crippen molar-refractivity contribution in [1.82, 2.24) is 9.78 Å². The molecule has 1 heterocycles. The lowest BCUT2D eigenvalue weighted by molar-refractivity contribution is 0.369. The van der Waals surface area contributed by atoms with E-state index in [1.54, 1.807) is 18.9 Å². The minimum atomic E-state index is 0.615. The zero-order chi connectivity index (χ0) is 8.43. The fourth-order valence-electron chi connectivity index (χ4n) is 1.07. The lowest BCUT2D eigenvalue weighted by atomic mass is 10.4. The minimum Gasteiger partial charge on any atom is -0.481 e. The van der Waals surface area contributed by atoms with Gasteiger partial charge >= 0.3 is 0 Å². The first kappa shape index (κ1) is 7.91. The Morgan fingerprint density at radius 1 is 1.27 bits per heavy atom. The predicted octanol–water partition coefficient (Wildman–Crippen LogP) is 0.746. The molecule has 0 atom stereocenters. The maximum absolute atomic E-state index is 5.08. The molecule has 0 radical (unpaired) electrons. The highest BCUT2D eigenvalue weighted by Gasteiger charge is 2.11. The van der Waals surface area contributed by atoms with Crippen molar-refractivity contribution in [2.24, 2.45) is 7.05 Å². The maximum Gasteiger partial charge on any atom is 0.239 e. The molecule has 0 spiro atoms. The molecule has 11 heavy (non-hydrogen) atoms. The maximum atomic E-state index is 5.08. The van der Waals surface area contributed by atoms with Gasteiger partial charge in [-0.1, -0.05) is 0 Å². The van der Waals surface area contributed by atoms with Crippen molar-refractivity contribution in [3.05, 3.63) is 5.56 Å². The van der Waals surface area contributed by atoms with E-state index in [2.05, 4.69) is 5.10 Å². The summed E-state index contributed by atoms with van der Waals surface area (Å²) in [4.78, 5) is 0. The molecule has 0 amide bonds. The Kier molecular flexibility index (Phi) is 2.03. The van der Waals surface area contributed by atoms with Crippen LogP contribution in [0, 0.1) is 6.92 Å². The van der Waals surface area contributed by atoms with Gasteiger partial charge in [0.2, 0.25) is 11.8 Å². The van der Waals surface area contributed by atoms with Crippen LogP contribution in [0.15, 0.2) is 0 Å². The van der Waals surface area contributed by atoms with Crippen molar-refractivity contribution in [3.8, 4) is 11.8 Å². The molecule has 1 aromatic heterocycles. The Morgan fingerprint density at radius 3 is 2.18 bits per heavy atom. The molecule has 4 nitrogen and oxygen atoms in total. The third-order valence-electron chi connectivity index (χ3n) is 1.56. The molecule has 0 bridgehead atoms. The smallest absolute Gasteiger partial charge is 0.239 e. The lowest BCUT2D eigenvalue weighted by Crippen LogP contribution is -1.95. The molecule has 1 aromatic rings. The topological polar surface area (TPSA) is 36.3 Å². The summed E-state index contributed by atoms with van der Waals surface area (Å²) in [7, 11) is 5.02. The monoisotopic (exact) mass is 156 g/mol. The van der Waals surface area contributed by atoms with Gasteiger partial charge < -0.3 is 9.47 Å². The first-order valence-corrected chi connectivity index (χ1v) is 3.32. The molecular formula is C7H12N2O2. The normalized spacial score (nSPS) is 9.82. The molecule has 4 heteroatoms. The minimum absolute atomic E-state index is 0.615. The first-order chi connectivity index (χ1) is 5.20. The highest BCUT2D eigenvalue weighted by Crippen LogP contribution is 2.24. The molecule has 0 aliphatic carbocycles. The Labute approximate surface area is 65.7 Å². The van der Waals surface area contributed by atoms with Crippen LogP contribution < -0.4 is 9.47 Å². The number of nitrogens with zero attached hydrogens (tertiary/aromatic N) is 2. The fraction of sp³-hybridized carbons (Fsp3) is 0.571. The van der Waals surface area contributed by atoms with Crippen LogP contribution >= 0.6 is 0 Å². The summed E-state index contributed by atoms with van der Waals surface area (Å²) in [5.41, 5.74) is 0.928. The molecule has 0 aromatic carbocycles. The van der Waals surface area contributed by atoms with Gasteiger partial charge in [0, 0.05) is 7.05 Å². The molecule has 0 saturated heterocycles. The molecule has 1 rings (SSSR count). The molecule has 62 valence electrons. The van der Waals surface area contributed by atoms with E-state index < -0.39 is 0 Å². The van der Waals surface area contributed by atoms with Crippen LogP contribution in [-0.2, 0) is 7.05 Å². The van der Waals surface area contributed by atoms with Crippen LogP contribution in [-0.4, -0.2) is 24.0 Å². The van der Waals surface area contributed by atoms with Crippen molar-refractivity contribution >= 4 is 0 Å². The second-order valence-corrected chi connectivity index (χ2v) is 2.27. The van der Waals surface area contributed by atoms with Crippen LogP contribution in [0.4, 0.5) is 0 Å². The number of rotatable bonds is 2. The van der Waals surface area contributed by atoms with E-state index in [0.717, 1.165) is 11.4 Å². The summed E-state index contributed by atoms with van der Waals surface area (Å²) in [6.45, 7) is 1.91. The number of aryl methyl sites for hydroxylation is 1. The molecule has 0 unspecified atom stereocenters. The molecule has 0 N–H and O–H groups in total. The van der Waals surface area contributed by atoms with Gasteiger partial charge in [0.1, 0.15) is 0 Å². The van der Waals surface area contributed by atoms with Gasteiger partial charge in [-0.05, 0) is 6.92 Å². The second-order valence-electron chi connectivity index (χ2n) is 2.27. The van der Waals surface area contributed by atoms with Crippen molar-refractivity contribution in [1.29, 1.82) is 0 Å². The van der Waals surface area contributed by atoms with Crippen LogP contribution in [0.25, 0.3) is 0 Å². The van der Waals surface area contributed by atoms with E-state index in [9.17, 15) is 0 Å². The van der Waals surface area contributed by atoms with E-state index in [4.69, 9.17) is 9.47 Å². The summed E-state index contributed by atoms with van der Waals surface area (Å²) < 4.78 is 11.7. The van der Waals surface area contributed by atoms with Gasteiger partial charge in [-0.2, -0.15) is 0 Å². The molecule has 0 aliphatic rings. The first-order valence-electron chi connectivity index (χ1n) is 3.32. The number of ether oxygens (including phenoxy) is 2. The van der Waals surface area contributed by atoms with Gasteiger partial charge in [-0.25, -0.2) is 4.68 Å². The number of hydrogen-bond acceptors (Lipinski definition) is 3. The largest absolute Gasteiger partial charge is 0.481 e. The number of hydrogen-bond donors (Lipinski definition) is 0. The Bertz CT molecular complexity index is 255. The van der Waals surface area contributed by atoms with E-state index >= 15 is 0 Å². The van der Waals surface area contributed by atoms with E-state index in [1.165, 1.54) is 0 Å². The number of methoxy groups -OCH3 is 2. The Morgan fingerprint density at radius 2 is 1.91 bits per heavy atom. The third-order valence-corrected chi connectivity index (χ3v) is 1.56. The average molecular weight is 156 g/mol. The van der Waals surface area contributed by atoms with E-state index in [1.807, 2.05) is 14.0 Å². The molecule has 0 fully saturated rings. The summed E-state index contributed by atoms with van der Waals surface area (Å²) in [5, 5.41) is 4.07. The predicted molar refractivity (Wildman–Crippen MR) is 41.0 cm³/mol. The Balaban J connectivity index is 3.14. The standard InChI is InChI=1S/C7H12N2O2/c1-5-6(10-3)8-9(2)7(5)11-4/h1-4H3. The van der Waals surface area contributed by atoms with Crippen molar-refractivity contribution < 1.29 is 9.47 Å². The van der Waals surface area contributed by atoms with Gasteiger partial charge in [-0.15, -0.1) is 5.10 Å². The zero-order valence-corrected chi connectivity index (χ0v) is 7.21. The van der Waals surface area contributed by atoms with Crippen molar-refractivity contribution in [2.75, 3.05) is 14.2 Å². The average Bonchev–Trinajstić information content (AvgIpc) is 2.26. The Hall–Kier alpha value is -1.19. The summed E-state index contributed by atoms with van der Waals surface area (Å²) in [6.07, 6.45) is 0. The molecule has 0 saturated carbocycles. The van der Waals surface area contributed by atoms with Crippen LogP contribution in [0.5, 0.6) is 11.8 Å². The van der Waals surface area contributed by atoms with Crippen LogP contribution in [0.2, 0.25) is 0 Å². The van der Waals surface area contributed by atoms with Crippen LogP contribution in [0.3, 0.4) is 0 Å². The second kappa shape index (κ2) is 2.82. The highest BCUT2D eigenvalue weighted by molar-refractivity contribution is 5.34. The van der Waals surface area contributed by atoms with Crippen molar-refractivity contribution in [3.63, 3.8) is 0 Å². The quantitative estimate of drug-likeness (QED) is 0.633. The summed E-state index contributed by atoms with van der Waals surface area (Å²) >= 11 is 0. The fourth-order valence-corrected chi connectivity index (χ4v) is 1.07. The van der Waals surface area contributed by atoms with Gasteiger partial charge in [-0.3, -0.25) is 0 Å². The highest BCUT2D eigenvalue weighted by atomic mass is 16.5. The zero-order valence-electron chi connectivity index (χ0n) is 7.21. The number of aromatic nitrogens is 2. The summed E-state index contributed by atoms with van der Waals surface area (Å²) in [6, 6.07) is 0. The van der Waals surface area contributed by atoms with Gasteiger partial charge in [0.25, 0.3) is 0 Å².